The van der Waals surface area contributed by atoms with Crippen LogP contribution in [0.4, 0.5) is 6.01 Å². The van der Waals surface area contributed by atoms with Gasteiger partial charge in [-0.1, -0.05) is 0 Å². The molecule has 1 aromatic heterocycles. The van der Waals surface area contributed by atoms with Crippen LogP contribution in [0.1, 0.15) is 31.4 Å². The minimum absolute atomic E-state index is 0.0166. The molecule has 0 aromatic carbocycles. The second-order valence-electron chi connectivity index (χ2n) is 5.66. The molecule has 1 aromatic rings. The number of nitrogens with zero attached hydrogens (tertiary/aromatic N) is 2. The number of carbonyl (C=O) groups excluding carboxylic acids is 1. The van der Waals surface area contributed by atoms with Crippen LogP contribution >= 0.6 is 0 Å². The SMILES string of the molecule is Cc1coc(NC(=O)C2CCCN2C2CCNCC2)n1. The second-order valence-corrected chi connectivity index (χ2v) is 5.66. The van der Waals surface area contributed by atoms with E-state index in [-0.39, 0.29) is 11.9 Å². The van der Waals surface area contributed by atoms with Crippen LogP contribution in [0.25, 0.3) is 0 Å². The zero-order valence-corrected chi connectivity index (χ0v) is 11.9. The average Bonchev–Trinajstić information content (AvgIpc) is 3.09. The molecule has 1 amide bonds. The van der Waals surface area contributed by atoms with Crippen LogP contribution in [0, 0.1) is 6.92 Å². The van der Waals surface area contributed by atoms with E-state index in [0.29, 0.717) is 12.1 Å². The van der Waals surface area contributed by atoms with Crippen LogP contribution in [0.2, 0.25) is 0 Å². The average molecular weight is 278 g/mol. The molecule has 0 bridgehead atoms. The van der Waals surface area contributed by atoms with Gasteiger partial charge in [-0.25, -0.2) is 0 Å². The first kappa shape index (κ1) is 13.6. The second kappa shape index (κ2) is 5.93. The van der Waals surface area contributed by atoms with Gasteiger partial charge < -0.3 is 9.73 Å². The lowest BCUT2D eigenvalue weighted by atomic mass is 10.0. The number of anilines is 1. The highest BCUT2D eigenvalue weighted by Crippen LogP contribution is 2.25. The zero-order valence-electron chi connectivity index (χ0n) is 11.9. The summed E-state index contributed by atoms with van der Waals surface area (Å²) in [5.74, 6) is 0.0166. The van der Waals surface area contributed by atoms with Crippen LogP contribution in [0.15, 0.2) is 10.7 Å². The Morgan fingerprint density at radius 2 is 2.25 bits per heavy atom. The van der Waals surface area contributed by atoms with E-state index in [4.69, 9.17) is 4.42 Å². The number of carbonyl (C=O) groups is 1. The fourth-order valence-corrected chi connectivity index (χ4v) is 3.25. The molecule has 3 rings (SSSR count). The topological polar surface area (TPSA) is 70.4 Å². The summed E-state index contributed by atoms with van der Waals surface area (Å²) in [4.78, 5) is 18.9. The summed E-state index contributed by atoms with van der Waals surface area (Å²) in [6.07, 6.45) is 5.82. The van der Waals surface area contributed by atoms with Crippen molar-refractivity contribution in [3.63, 3.8) is 0 Å². The third-order valence-corrected chi connectivity index (χ3v) is 4.22. The molecule has 2 saturated heterocycles. The molecule has 0 spiro atoms. The largest absolute Gasteiger partial charge is 0.432 e. The van der Waals surface area contributed by atoms with Gasteiger partial charge in [0, 0.05) is 6.04 Å². The van der Waals surface area contributed by atoms with E-state index in [1.807, 2.05) is 6.92 Å². The molecule has 0 saturated carbocycles. The number of hydrogen-bond acceptors (Lipinski definition) is 5. The van der Waals surface area contributed by atoms with Gasteiger partial charge in [-0.15, -0.1) is 0 Å². The molecule has 2 fully saturated rings. The number of amides is 1. The molecule has 2 N–H and O–H groups in total. The van der Waals surface area contributed by atoms with Crippen LogP contribution in [-0.2, 0) is 4.79 Å². The molecule has 0 radical (unpaired) electrons. The minimum atomic E-state index is -0.0368. The number of nitrogens with one attached hydrogen (secondary N) is 2. The monoisotopic (exact) mass is 278 g/mol. The summed E-state index contributed by atoms with van der Waals surface area (Å²) < 4.78 is 5.20. The fraction of sp³-hybridized carbons (Fsp3) is 0.714. The Balaban J connectivity index is 1.63. The van der Waals surface area contributed by atoms with E-state index in [0.717, 1.165) is 51.0 Å². The van der Waals surface area contributed by atoms with E-state index in [2.05, 4.69) is 20.5 Å². The molecule has 2 aliphatic rings. The summed E-state index contributed by atoms with van der Waals surface area (Å²) >= 11 is 0. The highest BCUT2D eigenvalue weighted by Gasteiger charge is 2.36. The van der Waals surface area contributed by atoms with Crippen molar-refractivity contribution in [2.75, 3.05) is 25.0 Å². The maximum atomic E-state index is 12.4. The predicted molar refractivity (Wildman–Crippen MR) is 75.5 cm³/mol. The van der Waals surface area contributed by atoms with Gasteiger partial charge in [-0.2, -0.15) is 4.98 Å². The van der Waals surface area contributed by atoms with Crippen molar-refractivity contribution in [3.05, 3.63) is 12.0 Å². The fourth-order valence-electron chi connectivity index (χ4n) is 3.25. The maximum absolute atomic E-state index is 12.4. The van der Waals surface area contributed by atoms with Gasteiger partial charge in [0.2, 0.25) is 5.91 Å². The molecule has 6 nitrogen and oxygen atoms in total. The summed E-state index contributed by atoms with van der Waals surface area (Å²) in [7, 11) is 0. The van der Waals surface area contributed by atoms with E-state index in [1.54, 1.807) is 6.26 Å². The van der Waals surface area contributed by atoms with Gasteiger partial charge in [0.1, 0.15) is 6.26 Å². The first-order chi connectivity index (χ1) is 9.74. The van der Waals surface area contributed by atoms with Crippen molar-refractivity contribution in [2.24, 2.45) is 0 Å². The van der Waals surface area contributed by atoms with Crippen molar-refractivity contribution >= 4 is 11.9 Å². The minimum Gasteiger partial charge on any atom is -0.432 e. The first-order valence-electron chi connectivity index (χ1n) is 7.43. The van der Waals surface area contributed by atoms with Gasteiger partial charge >= 0.3 is 6.01 Å². The lowest BCUT2D eigenvalue weighted by Crippen LogP contribution is -2.49. The summed E-state index contributed by atoms with van der Waals surface area (Å²) in [5, 5.41) is 6.17. The van der Waals surface area contributed by atoms with Gasteiger partial charge in [-0.3, -0.25) is 15.0 Å². The van der Waals surface area contributed by atoms with E-state index in [9.17, 15) is 4.79 Å². The lowest BCUT2D eigenvalue weighted by Gasteiger charge is -2.34. The Kier molecular flexibility index (Phi) is 4.03. The van der Waals surface area contributed by atoms with Crippen LogP contribution in [-0.4, -0.2) is 47.5 Å². The highest BCUT2D eigenvalue weighted by molar-refractivity contribution is 5.93. The number of aromatic nitrogens is 1. The Labute approximate surface area is 118 Å². The zero-order chi connectivity index (χ0) is 13.9. The number of likely N-dealkylation sites (tertiary alicyclic amines) is 1. The smallest absolute Gasteiger partial charge is 0.301 e. The number of oxazole rings is 1. The van der Waals surface area contributed by atoms with Crippen LogP contribution in [0.5, 0.6) is 0 Å². The molecule has 6 heteroatoms. The van der Waals surface area contributed by atoms with Crippen molar-refractivity contribution < 1.29 is 9.21 Å². The molecule has 1 atom stereocenters. The quantitative estimate of drug-likeness (QED) is 0.867. The van der Waals surface area contributed by atoms with Gasteiger partial charge in [0.25, 0.3) is 0 Å². The Bertz CT molecular complexity index is 467. The number of aryl methyl sites for hydroxylation is 1. The lowest BCUT2D eigenvalue weighted by molar-refractivity contribution is -0.121. The van der Waals surface area contributed by atoms with Crippen molar-refractivity contribution in [3.8, 4) is 0 Å². The molecule has 2 aliphatic heterocycles. The summed E-state index contributed by atoms with van der Waals surface area (Å²) in [6, 6.07) is 0.802. The number of rotatable bonds is 3. The molecule has 20 heavy (non-hydrogen) atoms. The van der Waals surface area contributed by atoms with Gasteiger partial charge in [0.05, 0.1) is 11.7 Å². The van der Waals surface area contributed by atoms with Gasteiger partial charge in [0.15, 0.2) is 0 Å². The Morgan fingerprint density at radius 1 is 1.45 bits per heavy atom. The van der Waals surface area contributed by atoms with Crippen LogP contribution < -0.4 is 10.6 Å². The highest BCUT2D eigenvalue weighted by atomic mass is 16.4. The van der Waals surface area contributed by atoms with E-state index < -0.39 is 0 Å². The van der Waals surface area contributed by atoms with Crippen molar-refractivity contribution in [1.82, 2.24) is 15.2 Å². The Hall–Kier alpha value is -1.40. The molecular weight excluding hydrogens is 256 g/mol. The van der Waals surface area contributed by atoms with E-state index in [1.165, 1.54) is 0 Å². The third-order valence-electron chi connectivity index (χ3n) is 4.22. The molecule has 1 unspecified atom stereocenters. The van der Waals surface area contributed by atoms with Crippen molar-refractivity contribution in [1.29, 1.82) is 0 Å². The van der Waals surface area contributed by atoms with Gasteiger partial charge in [-0.05, 0) is 52.2 Å². The van der Waals surface area contributed by atoms with E-state index >= 15 is 0 Å². The summed E-state index contributed by atoms with van der Waals surface area (Å²) in [5.41, 5.74) is 0.780. The third kappa shape index (κ3) is 2.86. The molecule has 0 aliphatic carbocycles. The van der Waals surface area contributed by atoms with Crippen molar-refractivity contribution in [2.45, 2.75) is 44.7 Å². The number of piperidine rings is 1. The molecular formula is C14H22N4O2. The predicted octanol–water partition coefficient (Wildman–Crippen LogP) is 1.14. The molecule has 110 valence electrons. The number of hydrogen-bond donors (Lipinski definition) is 2. The standard InChI is InChI=1S/C14H22N4O2/c1-10-9-20-14(16-10)17-13(19)12-3-2-8-18(12)11-4-6-15-7-5-11/h9,11-12,15H,2-8H2,1H3,(H,16,17,19). The first-order valence-corrected chi connectivity index (χ1v) is 7.43. The molecule has 3 heterocycles. The maximum Gasteiger partial charge on any atom is 0.301 e. The summed E-state index contributed by atoms with van der Waals surface area (Å²) in [6.45, 7) is 4.96. The van der Waals surface area contributed by atoms with Crippen LogP contribution in [0.3, 0.4) is 0 Å². The normalized spacial score (nSPS) is 24.9. The Morgan fingerprint density at radius 3 is 2.95 bits per heavy atom.